The van der Waals surface area contributed by atoms with Crippen molar-refractivity contribution in [3.05, 3.63) is 21.9 Å². The van der Waals surface area contributed by atoms with Gasteiger partial charge in [-0.15, -0.1) is 11.3 Å². The predicted molar refractivity (Wildman–Crippen MR) is 70.7 cm³/mol. The highest BCUT2D eigenvalue weighted by atomic mass is 32.1. The molecule has 0 radical (unpaired) electrons. The molecule has 0 spiro atoms. The van der Waals surface area contributed by atoms with Crippen molar-refractivity contribution in [1.29, 1.82) is 0 Å². The molecule has 1 aliphatic heterocycles. The summed E-state index contributed by atoms with van der Waals surface area (Å²) in [5.41, 5.74) is 7.31. The van der Waals surface area contributed by atoms with Gasteiger partial charge in [-0.05, 0) is 49.2 Å². The second-order valence-corrected chi connectivity index (χ2v) is 6.02. The monoisotopic (exact) mass is 238 g/mol. The molecule has 1 aliphatic rings. The first kappa shape index (κ1) is 12.1. The van der Waals surface area contributed by atoms with E-state index >= 15 is 0 Å². The fourth-order valence-electron chi connectivity index (χ4n) is 2.50. The van der Waals surface area contributed by atoms with Crippen molar-refractivity contribution >= 4 is 11.3 Å². The molecule has 2 heterocycles. The van der Waals surface area contributed by atoms with Crippen LogP contribution >= 0.6 is 11.3 Å². The molecular weight excluding hydrogens is 216 g/mol. The summed E-state index contributed by atoms with van der Waals surface area (Å²) in [6.07, 6.45) is 2.59. The number of thiophene rings is 1. The van der Waals surface area contributed by atoms with Crippen LogP contribution in [0.3, 0.4) is 0 Å². The number of piperidine rings is 1. The minimum absolute atomic E-state index is 0.588. The molecule has 1 aromatic heterocycles. The van der Waals surface area contributed by atoms with E-state index in [0.29, 0.717) is 6.04 Å². The van der Waals surface area contributed by atoms with Gasteiger partial charge >= 0.3 is 0 Å². The van der Waals surface area contributed by atoms with Crippen molar-refractivity contribution in [2.24, 2.45) is 11.7 Å². The van der Waals surface area contributed by atoms with Crippen LogP contribution in [-0.4, -0.2) is 24.0 Å². The van der Waals surface area contributed by atoms with Gasteiger partial charge in [0.05, 0.1) is 0 Å². The molecule has 2 nitrogen and oxygen atoms in total. The highest BCUT2D eigenvalue weighted by Crippen LogP contribution is 2.26. The molecule has 0 aromatic carbocycles. The van der Waals surface area contributed by atoms with Gasteiger partial charge in [0.15, 0.2) is 0 Å². The topological polar surface area (TPSA) is 29.3 Å². The lowest BCUT2D eigenvalue weighted by Crippen LogP contribution is -2.45. The zero-order valence-corrected chi connectivity index (χ0v) is 11.1. The molecule has 2 atom stereocenters. The van der Waals surface area contributed by atoms with Crippen LogP contribution < -0.4 is 5.73 Å². The molecule has 0 saturated carbocycles. The Morgan fingerprint density at radius 3 is 3.00 bits per heavy atom. The highest BCUT2D eigenvalue weighted by molar-refractivity contribution is 7.10. The average molecular weight is 238 g/mol. The Morgan fingerprint density at radius 2 is 2.38 bits per heavy atom. The summed E-state index contributed by atoms with van der Waals surface area (Å²) in [4.78, 5) is 4.08. The number of hydrogen-bond acceptors (Lipinski definition) is 3. The fraction of sp³-hybridized carbons (Fsp3) is 0.692. The molecule has 2 N–H and O–H groups in total. The van der Waals surface area contributed by atoms with E-state index in [1.807, 2.05) is 11.3 Å². The van der Waals surface area contributed by atoms with Gasteiger partial charge in [-0.3, -0.25) is 4.90 Å². The summed E-state index contributed by atoms with van der Waals surface area (Å²) < 4.78 is 0. The van der Waals surface area contributed by atoms with Gasteiger partial charge in [-0.25, -0.2) is 0 Å². The Labute approximate surface area is 102 Å². The molecule has 0 aliphatic carbocycles. The van der Waals surface area contributed by atoms with Crippen LogP contribution in [0.15, 0.2) is 11.4 Å². The van der Waals surface area contributed by atoms with Gasteiger partial charge < -0.3 is 5.73 Å². The van der Waals surface area contributed by atoms with Crippen molar-refractivity contribution < 1.29 is 0 Å². The molecule has 90 valence electrons. The molecule has 1 saturated heterocycles. The lowest BCUT2D eigenvalue weighted by Gasteiger charge is -2.37. The minimum atomic E-state index is 0.588. The van der Waals surface area contributed by atoms with Crippen molar-refractivity contribution in [2.45, 2.75) is 39.3 Å². The Kier molecular flexibility index (Phi) is 4.00. The highest BCUT2D eigenvalue weighted by Gasteiger charge is 2.25. The molecule has 1 fully saturated rings. The maximum Gasteiger partial charge on any atom is 0.0334 e. The summed E-state index contributed by atoms with van der Waals surface area (Å²) >= 11 is 1.87. The second-order valence-electron chi connectivity index (χ2n) is 5.02. The fourth-order valence-corrected chi connectivity index (χ4v) is 3.43. The molecule has 3 heteroatoms. The van der Waals surface area contributed by atoms with Crippen molar-refractivity contribution in [3.8, 4) is 0 Å². The molecule has 2 rings (SSSR count). The first-order chi connectivity index (χ1) is 7.70. The van der Waals surface area contributed by atoms with Crippen LogP contribution in [0.4, 0.5) is 0 Å². The molecule has 2 unspecified atom stereocenters. The van der Waals surface area contributed by atoms with Crippen LogP contribution in [0.25, 0.3) is 0 Å². The van der Waals surface area contributed by atoms with E-state index in [1.165, 1.54) is 29.8 Å². The lowest BCUT2D eigenvalue weighted by molar-refractivity contribution is 0.116. The largest absolute Gasteiger partial charge is 0.329 e. The number of nitrogens with zero attached hydrogens (tertiary/aromatic N) is 1. The van der Waals surface area contributed by atoms with E-state index in [1.54, 1.807) is 0 Å². The summed E-state index contributed by atoms with van der Waals surface area (Å²) in [5, 5.41) is 2.19. The third kappa shape index (κ3) is 2.65. The Hall–Kier alpha value is -0.380. The van der Waals surface area contributed by atoms with Crippen LogP contribution in [0.1, 0.15) is 30.2 Å². The van der Waals surface area contributed by atoms with Crippen LogP contribution in [0.2, 0.25) is 0 Å². The SMILES string of the molecule is Cc1ccsc1CN1CCC(C)CC1CN. The number of aryl methyl sites for hydroxylation is 1. The maximum atomic E-state index is 5.88. The van der Waals surface area contributed by atoms with E-state index in [9.17, 15) is 0 Å². The molecular formula is C13H22N2S. The summed E-state index contributed by atoms with van der Waals surface area (Å²) in [6.45, 7) is 7.65. The van der Waals surface area contributed by atoms with Gasteiger partial charge in [0.25, 0.3) is 0 Å². The normalized spacial score (nSPS) is 27.2. The number of nitrogens with two attached hydrogens (primary N) is 1. The Morgan fingerprint density at radius 1 is 1.56 bits per heavy atom. The summed E-state index contributed by atoms with van der Waals surface area (Å²) in [7, 11) is 0. The van der Waals surface area contributed by atoms with E-state index in [4.69, 9.17) is 5.73 Å². The zero-order chi connectivity index (χ0) is 11.5. The summed E-state index contributed by atoms with van der Waals surface area (Å²) in [6, 6.07) is 2.80. The maximum absolute atomic E-state index is 5.88. The molecule has 1 aromatic rings. The standard InChI is InChI=1S/C13H22N2S/c1-10-3-5-15(12(7-10)8-14)9-13-11(2)4-6-16-13/h4,6,10,12H,3,5,7-9,14H2,1-2H3. The van der Waals surface area contributed by atoms with Gasteiger partial charge in [-0.1, -0.05) is 6.92 Å². The Balaban J connectivity index is 2.01. The molecule has 0 bridgehead atoms. The van der Waals surface area contributed by atoms with E-state index in [2.05, 4.69) is 30.2 Å². The van der Waals surface area contributed by atoms with E-state index in [0.717, 1.165) is 19.0 Å². The first-order valence-corrected chi connectivity index (χ1v) is 7.05. The van der Waals surface area contributed by atoms with Gasteiger partial charge in [0.2, 0.25) is 0 Å². The minimum Gasteiger partial charge on any atom is -0.329 e. The van der Waals surface area contributed by atoms with E-state index < -0.39 is 0 Å². The van der Waals surface area contributed by atoms with E-state index in [-0.39, 0.29) is 0 Å². The average Bonchev–Trinajstić information content (AvgIpc) is 2.67. The third-order valence-electron chi connectivity index (χ3n) is 3.69. The van der Waals surface area contributed by atoms with Crippen LogP contribution in [0.5, 0.6) is 0 Å². The van der Waals surface area contributed by atoms with Gasteiger partial charge in [0.1, 0.15) is 0 Å². The van der Waals surface area contributed by atoms with Gasteiger partial charge in [-0.2, -0.15) is 0 Å². The number of likely N-dealkylation sites (tertiary alicyclic amines) is 1. The summed E-state index contributed by atoms with van der Waals surface area (Å²) in [5.74, 6) is 0.842. The predicted octanol–water partition coefficient (Wildman–Crippen LogP) is 2.62. The zero-order valence-electron chi connectivity index (χ0n) is 10.3. The quantitative estimate of drug-likeness (QED) is 0.877. The Bertz CT molecular complexity index is 334. The number of rotatable bonds is 3. The van der Waals surface area contributed by atoms with Crippen LogP contribution in [-0.2, 0) is 6.54 Å². The first-order valence-electron chi connectivity index (χ1n) is 6.17. The van der Waals surface area contributed by atoms with Gasteiger partial charge in [0, 0.05) is 24.0 Å². The molecule has 0 amide bonds. The number of hydrogen-bond donors (Lipinski definition) is 1. The van der Waals surface area contributed by atoms with Crippen molar-refractivity contribution in [1.82, 2.24) is 4.90 Å². The van der Waals surface area contributed by atoms with Crippen LogP contribution in [0, 0.1) is 12.8 Å². The van der Waals surface area contributed by atoms with Crippen molar-refractivity contribution in [3.63, 3.8) is 0 Å². The molecule has 16 heavy (non-hydrogen) atoms. The second kappa shape index (κ2) is 5.30. The third-order valence-corrected chi connectivity index (χ3v) is 4.69. The van der Waals surface area contributed by atoms with Crippen molar-refractivity contribution in [2.75, 3.05) is 13.1 Å². The smallest absolute Gasteiger partial charge is 0.0334 e. The lowest BCUT2D eigenvalue weighted by atomic mass is 9.92.